The molecule has 26 heavy (non-hydrogen) atoms. The molecule has 1 aromatic carbocycles. The number of carbonyl (C=O) groups is 1. The lowest BCUT2D eigenvalue weighted by Gasteiger charge is -2.35. The first kappa shape index (κ1) is 20.2. The fourth-order valence-electron chi connectivity index (χ4n) is 3.30. The number of hydrogen-bond acceptors (Lipinski definition) is 3. The molecule has 1 amide bonds. The SMILES string of the molecule is COc1ccc(C)cc1/C=C/C(=O)NNC(=S)N[C@H]1CCC[C@H](C)[C@@H]1C. The van der Waals surface area contributed by atoms with E-state index in [4.69, 9.17) is 17.0 Å². The van der Waals surface area contributed by atoms with Crippen LogP contribution in [0.25, 0.3) is 6.08 Å². The minimum Gasteiger partial charge on any atom is -0.496 e. The number of aryl methyl sites for hydroxylation is 1. The van der Waals surface area contributed by atoms with Gasteiger partial charge in [-0.1, -0.05) is 38.3 Å². The lowest BCUT2D eigenvalue weighted by Crippen LogP contribution is -2.52. The van der Waals surface area contributed by atoms with Crippen molar-refractivity contribution in [3.8, 4) is 5.75 Å². The van der Waals surface area contributed by atoms with E-state index in [0.717, 1.165) is 23.3 Å². The number of nitrogens with one attached hydrogen (secondary N) is 3. The van der Waals surface area contributed by atoms with Crippen molar-refractivity contribution < 1.29 is 9.53 Å². The van der Waals surface area contributed by atoms with E-state index in [9.17, 15) is 4.79 Å². The van der Waals surface area contributed by atoms with Crippen LogP contribution in [0.1, 0.15) is 44.2 Å². The predicted molar refractivity (Wildman–Crippen MR) is 110 cm³/mol. The molecular weight excluding hydrogens is 346 g/mol. The molecule has 0 radical (unpaired) electrons. The normalized spacial score (nSPS) is 22.7. The van der Waals surface area contributed by atoms with Crippen LogP contribution in [0.5, 0.6) is 5.75 Å². The zero-order valence-electron chi connectivity index (χ0n) is 16.0. The summed E-state index contributed by atoms with van der Waals surface area (Å²) in [6, 6.07) is 6.17. The summed E-state index contributed by atoms with van der Waals surface area (Å²) in [5, 5.41) is 3.77. The molecule has 6 heteroatoms. The van der Waals surface area contributed by atoms with Gasteiger partial charge in [0.25, 0.3) is 5.91 Å². The fourth-order valence-corrected chi connectivity index (χ4v) is 3.50. The Morgan fingerprint density at radius 2 is 2.04 bits per heavy atom. The van der Waals surface area contributed by atoms with Gasteiger partial charge < -0.3 is 10.1 Å². The van der Waals surface area contributed by atoms with E-state index in [1.165, 1.54) is 18.9 Å². The number of hydrazine groups is 1. The molecular formula is C20H29N3O2S. The molecule has 142 valence electrons. The van der Waals surface area contributed by atoms with Crippen molar-refractivity contribution in [2.24, 2.45) is 11.8 Å². The standard InChI is InChI=1S/C20H29N3O2S/c1-13-8-10-18(25-4)16(12-13)9-11-19(24)22-23-20(26)21-17-7-5-6-14(2)15(17)3/h8-12,14-15,17H,5-7H2,1-4H3,(H,22,24)(H2,21,23,26)/b11-9+/t14-,15-,17-/m0/s1. The second kappa shape index (κ2) is 9.57. The third-order valence-electron chi connectivity index (χ3n) is 5.12. The Labute approximate surface area is 161 Å². The topological polar surface area (TPSA) is 62.4 Å². The van der Waals surface area contributed by atoms with Gasteiger partial charge in [0.15, 0.2) is 5.11 Å². The largest absolute Gasteiger partial charge is 0.496 e. The van der Waals surface area contributed by atoms with Crippen LogP contribution in [0.3, 0.4) is 0 Å². The summed E-state index contributed by atoms with van der Waals surface area (Å²) in [5.41, 5.74) is 7.34. The molecule has 1 saturated carbocycles. The molecule has 0 saturated heterocycles. The number of methoxy groups -OCH3 is 1. The summed E-state index contributed by atoms with van der Waals surface area (Å²) < 4.78 is 5.30. The Morgan fingerprint density at radius 3 is 2.77 bits per heavy atom. The van der Waals surface area contributed by atoms with E-state index in [1.807, 2.05) is 25.1 Å². The molecule has 5 nitrogen and oxygen atoms in total. The summed E-state index contributed by atoms with van der Waals surface area (Å²) in [6.45, 7) is 6.53. The molecule has 1 aliphatic carbocycles. The van der Waals surface area contributed by atoms with Crippen molar-refractivity contribution in [3.63, 3.8) is 0 Å². The molecule has 1 fully saturated rings. The van der Waals surface area contributed by atoms with Gasteiger partial charge in [0.1, 0.15) is 5.75 Å². The van der Waals surface area contributed by atoms with Gasteiger partial charge in [-0.25, -0.2) is 0 Å². The van der Waals surface area contributed by atoms with E-state index in [0.29, 0.717) is 23.0 Å². The monoisotopic (exact) mass is 375 g/mol. The highest BCUT2D eigenvalue weighted by molar-refractivity contribution is 7.80. The predicted octanol–water partition coefficient (Wildman–Crippen LogP) is 3.34. The molecule has 0 spiro atoms. The van der Waals surface area contributed by atoms with Crippen LogP contribution in [0.15, 0.2) is 24.3 Å². The highest BCUT2D eigenvalue weighted by atomic mass is 32.1. The molecule has 0 aromatic heterocycles. The summed E-state index contributed by atoms with van der Waals surface area (Å²) in [7, 11) is 1.61. The van der Waals surface area contributed by atoms with E-state index in [1.54, 1.807) is 13.2 Å². The molecule has 0 unspecified atom stereocenters. The minimum absolute atomic E-state index is 0.275. The summed E-state index contributed by atoms with van der Waals surface area (Å²) in [6.07, 6.45) is 6.76. The van der Waals surface area contributed by atoms with Crippen molar-refractivity contribution in [2.75, 3.05) is 7.11 Å². The number of amides is 1. The molecule has 3 N–H and O–H groups in total. The van der Waals surface area contributed by atoms with Crippen LogP contribution < -0.4 is 20.9 Å². The van der Waals surface area contributed by atoms with Crippen LogP contribution >= 0.6 is 12.2 Å². The molecule has 0 heterocycles. The third-order valence-corrected chi connectivity index (χ3v) is 5.34. The van der Waals surface area contributed by atoms with E-state index < -0.39 is 0 Å². The molecule has 2 rings (SSSR count). The average Bonchev–Trinajstić information content (AvgIpc) is 2.62. The maximum Gasteiger partial charge on any atom is 0.262 e. The molecule has 0 aliphatic heterocycles. The lowest BCUT2D eigenvalue weighted by molar-refractivity contribution is -0.116. The fraction of sp³-hybridized carbons (Fsp3) is 0.500. The number of carbonyl (C=O) groups excluding carboxylic acids is 1. The zero-order chi connectivity index (χ0) is 19.1. The maximum atomic E-state index is 12.0. The van der Waals surface area contributed by atoms with Crippen molar-refractivity contribution in [2.45, 2.75) is 46.1 Å². The van der Waals surface area contributed by atoms with Gasteiger partial charge in [-0.05, 0) is 55.6 Å². The van der Waals surface area contributed by atoms with Crippen LogP contribution in [0.4, 0.5) is 0 Å². The van der Waals surface area contributed by atoms with Gasteiger partial charge in [-0.15, -0.1) is 0 Å². The zero-order valence-corrected chi connectivity index (χ0v) is 16.8. The Balaban J connectivity index is 1.83. The van der Waals surface area contributed by atoms with E-state index >= 15 is 0 Å². The van der Waals surface area contributed by atoms with Crippen molar-refractivity contribution >= 4 is 29.3 Å². The van der Waals surface area contributed by atoms with Crippen LogP contribution in [-0.2, 0) is 4.79 Å². The molecule has 3 atom stereocenters. The average molecular weight is 376 g/mol. The van der Waals surface area contributed by atoms with E-state index in [2.05, 4.69) is 30.0 Å². The number of thiocarbonyl (C=S) groups is 1. The maximum absolute atomic E-state index is 12.0. The summed E-state index contributed by atoms with van der Waals surface area (Å²) >= 11 is 5.30. The first-order valence-electron chi connectivity index (χ1n) is 9.10. The molecule has 1 aliphatic rings. The Bertz CT molecular complexity index is 675. The van der Waals surface area contributed by atoms with Crippen molar-refractivity contribution in [1.29, 1.82) is 0 Å². The van der Waals surface area contributed by atoms with Crippen LogP contribution in [0, 0.1) is 18.8 Å². The van der Waals surface area contributed by atoms with Gasteiger partial charge in [-0.2, -0.15) is 0 Å². The van der Waals surface area contributed by atoms with Crippen molar-refractivity contribution in [1.82, 2.24) is 16.2 Å². The lowest BCUT2D eigenvalue weighted by atomic mass is 9.78. The Morgan fingerprint density at radius 1 is 1.27 bits per heavy atom. The Hall–Kier alpha value is -2.08. The number of rotatable bonds is 4. The minimum atomic E-state index is -0.275. The van der Waals surface area contributed by atoms with Gasteiger partial charge in [0.2, 0.25) is 0 Å². The number of hydrogen-bond donors (Lipinski definition) is 3. The number of benzene rings is 1. The van der Waals surface area contributed by atoms with Gasteiger partial charge in [-0.3, -0.25) is 15.6 Å². The quantitative estimate of drug-likeness (QED) is 0.428. The van der Waals surface area contributed by atoms with Gasteiger partial charge in [0, 0.05) is 17.7 Å². The van der Waals surface area contributed by atoms with Gasteiger partial charge in [0.05, 0.1) is 7.11 Å². The second-order valence-corrected chi connectivity index (χ2v) is 7.45. The second-order valence-electron chi connectivity index (χ2n) is 7.04. The van der Waals surface area contributed by atoms with Crippen LogP contribution in [0.2, 0.25) is 0 Å². The summed E-state index contributed by atoms with van der Waals surface area (Å²) in [5.74, 6) is 1.70. The molecule has 1 aromatic rings. The first-order valence-corrected chi connectivity index (χ1v) is 9.50. The van der Waals surface area contributed by atoms with Crippen molar-refractivity contribution in [3.05, 3.63) is 35.4 Å². The Kier molecular flexibility index (Phi) is 7.45. The number of ether oxygens (including phenoxy) is 1. The first-order chi connectivity index (χ1) is 12.4. The summed E-state index contributed by atoms with van der Waals surface area (Å²) in [4.78, 5) is 12.0. The molecule has 0 bridgehead atoms. The highest BCUT2D eigenvalue weighted by Gasteiger charge is 2.27. The van der Waals surface area contributed by atoms with Gasteiger partial charge >= 0.3 is 0 Å². The highest BCUT2D eigenvalue weighted by Crippen LogP contribution is 2.29. The third kappa shape index (κ3) is 5.73. The van der Waals surface area contributed by atoms with Crippen LogP contribution in [-0.4, -0.2) is 24.2 Å². The smallest absolute Gasteiger partial charge is 0.262 e. The van der Waals surface area contributed by atoms with E-state index in [-0.39, 0.29) is 5.91 Å².